The highest BCUT2D eigenvalue weighted by Crippen LogP contribution is 2.25. The van der Waals surface area contributed by atoms with Crippen LogP contribution in [0.15, 0.2) is 18.2 Å². The largest absolute Gasteiger partial charge is 0.393 e. The Morgan fingerprint density at radius 1 is 1.25 bits per heavy atom. The average molecular weight is 273 g/mol. The van der Waals surface area contributed by atoms with Crippen LogP contribution >= 0.6 is 0 Å². The maximum Gasteiger partial charge on any atom is 0.224 e. The normalized spacial score (nSPS) is 24.6. The monoisotopic (exact) mass is 273 g/mol. The molecule has 0 spiro atoms. The number of hydrogen-bond donors (Lipinski definition) is 2. The lowest BCUT2D eigenvalue weighted by molar-refractivity contribution is -0.120. The number of benzene rings is 1. The third-order valence-electron chi connectivity index (χ3n) is 4.63. The van der Waals surface area contributed by atoms with Crippen LogP contribution in [-0.4, -0.2) is 23.7 Å². The van der Waals surface area contributed by atoms with E-state index in [0.717, 1.165) is 31.2 Å². The van der Waals surface area contributed by atoms with Crippen LogP contribution in [0.1, 0.15) is 42.4 Å². The summed E-state index contributed by atoms with van der Waals surface area (Å²) in [6.45, 7) is 0.709. The molecule has 0 aliphatic heterocycles. The second-order valence-electron chi connectivity index (χ2n) is 6.27. The first-order chi connectivity index (χ1) is 9.70. The van der Waals surface area contributed by atoms with E-state index in [-0.39, 0.29) is 12.0 Å². The van der Waals surface area contributed by atoms with Crippen molar-refractivity contribution in [2.24, 2.45) is 5.92 Å². The van der Waals surface area contributed by atoms with Crippen molar-refractivity contribution >= 4 is 5.91 Å². The molecule has 1 fully saturated rings. The van der Waals surface area contributed by atoms with Gasteiger partial charge in [-0.15, -0.1) is 0 Å². The van der Waals surface area contributed by atoms with E-state index in [9.17, 15) is 9.90 Å². The van der Waals surface area contributed by atoms with Crippen molar-refractivity contribution in [2.45, 2.75) is 51.0 Å². The highest BCUT2D eigenvalue weighted by molar-refractivity contribution is 5.78. The predicted molar refractivity (Wildman–Crippen MR) is 78.5 cm³/mol. The molecule has 108 valence electrons. The summed E-state index contributed by atoms with van der Waals surface area (Å²) in [5, 5.41) is 12.5. The van der Waals surface area contributed by atoms with Gasteiger partial charge in [0, 0.05) is 6.54 Å². The van der Waals surface area contributed by atoms with Crippen LogP contribution in [0.4, 0.5) is 0 Å². The Labute approximate surface area is 120 Å². The molecule has 3 heteroatoms. The standard InChI is InChI=1S/C17H23NO2/c19-16-7-5-13(9-16)11-18-17(20)10-12-4-6-14-2-1-3-15(14)8-12/h4,6,8,13,16,19H,1-3,5,7,9-11H2,(H,18,20). The molecule has 3 rings (SSSR count). The minimum atomic E-state index is -0.159. The zero-order valence-corrected chi connectivity index (χ0v) is 11.9. The molecule has 20 heavy (non-hydrogen) atoms. The Kier molecular flexibility index (Phi) is 4.06. The molecule has 0 bridgehead atoms. The van der Waals surface area contributed by atoms with Gasteiger partial charge in [0.15, 0.2) is 0 Å². The lowest BCUT2D eigenvalue weighted by Gasteiger charge is -2.11. The Bertz CT molecular complexity index is 498. The molecule has 0 heterocycles. The first kappa shape index (κ1) is 13.6. The molecule has 2 atom stereocenters. The number of fused-ring (bicyclic) bond motifs is 1. The number of aliphatic hydroxyl groups excluding tert-OH is 1. The lowest BCUT2D eigenvalue weighted by atomic mass is 10.0. The van der Waals surface area contributed by atoms with Crippen LogP contribution in [0.5, 0.6) is 0 Å². The molecule has 1 amide bonds. The maximum absolute atomic E-state index is 12.0. The predicted octanol–water partition coefficient (Wildman–Crippen LogP) is 2.00. The molecule has 0 saturated heterocycles. The summed E-state index contributed by atoms with van der Waals surface area (Å²) in [5.41, 5.74) is 4.00. The minimum Gasteiger partial charge on any atom is -0.393 e. The number of aryl methyl sites for hydroxylation is 2. The van der Waals surface area contributed by atoms with Gasteiger partial charge in [0.05, 0.1) is 12.5 Å². The molecule has 0 radical (unpaired) electrons. The number of aliphatic hydroxyl groups is 1. The SMILES string of the molecule is O=C(Cc1ccc2c(c1)CCC2)NCC1CCC(O)C1. The molecule has 1 aromatic rings. The second-order valence-corrected chi connectivity index (χ2v) is 6.27. The Morgan fingerprint density at radius 3 is 2.90 bits per heavy atom. The first-order valence-electron chi connectivity index (χ1n) is 7.76. The topological polar surface area (TPSA) is 49.3 Å². The summed E-state index contributed by atoms with van der Waals surface area (Å²) in [6.07, 6.45) is 6.65. The van der Waals surface area contributed by atoms with Crippen LogP contribution in [0.25, 0.3) is 0 Å². The van der Waals surface area contributed by atoms with Gasteiger partial charge in [-0.25, -0.2) is 0 Å². The van der Waals surface area contributed by atoms with E-state index in [1.165, 1.54) is 24.0 Å². The van der Waals surface area contributed by atoms with Crippen molar-refractivity contribution in [1.29, 1.82) is 0 Å². The summed E-state index contributed by atoms with van der Waals surface area (Å²) >= 11 is 0. The smallest absolute Gasteiger partial charge is 0.224 e. The third-order valence-corrected chi connectivity index (χ3v) is 4.63. The van der Waals surface area contributed by atoms with Gasteiger partial charge in [0.2, 0.25) is 5.91 Å². The summed E-state index contributed by atoms with van der Waals surface area (Å²) in [5.74, 6) is 0.554. The van der Waals surface area contributed by atoms with E-state index in [1.54, 1.807) is 0 Å². The fourth-order valence-corrected chi connectivity index (χ4v) is 3.48. The summed E-state index contributed by atoms with van der Waals surface area (Å²) in [6, 6.07) is 6.46. The third kappa shape index (κ3) is 3.21. The van der Waals surface area contributed by atoms with E-state index in [2.05, 4.69) is 23.5 Å². The molecule has 0 aromatic heterocycles. The van der Waals surface area contributed by atoms with Crippen LogP contribution in [0, 0.1) is 5.92 Å². The Hall–Kier alpha value is -1.35. The number of amides is 1. The Morgan fingerprint density at radius 2 is 2.10 bits per heavy atom. The zero-order chi connectivity index (χ0) is 13.9. The van der Waals surface area contributed by atoms with Crippen molar-refractivity contribution in [3.8, 4) is 0 Å². The maximum atomic E-state index is 12.0. The first-order valence-corrected chi connectivity index (χ1v) is 7.76. The van der Waals surface area contributed by atoms with E-state index >= 15 is 0 Å². The highest BCUT2D eigenvalue weighted by Gasteiger charge is 2.23. The van der Waals surface area contributed by atoms with Crippen molar-refractivity contribution in [3.63, 3.8) is 0 Å². The summed E-state index contributed by atoms with van der Waals surface area (Å²) in [7, 11) is 0. The van der Waals surface area contributed by atoms with Gasteiger partial charge in [-0.2, -0.15) is 0 Å². The van der Waals surface area contributed by atoms with E-state index in [0.29, 0.717) is 18.9 Å². The molecule has 2 aliphatic rings. The van der Waals surface area contributed by atoms with Gasteiger partial charge in [-0.05, 0) is 61.1 Å². The fraction of sp³-hybridized carbons (Fsp3) is 0.588. The van der Waals surface area contributed by atoms with Crippen LogP contribution < -0.4 is 5.32 Å². The van der Waals surface area contributed by atoms with Crippen LogP contribution in [0.3, 0.4) is 0 Å². The number of rotatable bonds is 4. The number of nitrogens with one attached hydrogen (secondary N) is 1. The highest BCUT2D eigenvalue weighted by atomic mass is 16.3. The second kappa shape index (κ2) is 5.96. The van der Waals surface area contributed by atoms with Crippen molar-refractivity contribution in [1.82, 2.24) is 5.32 Å². The van der Waals surface area contributed by atoms with Gasteiger partial charge in [0.25, 0.3) is 0 Å². The molecule has 2 unspecified atom stereocenters. The fourth-order valence-electron chi connectivity index (χ4n) is 3.48. The van der Waals surface area contributed by atoms with E-state index in [4.69, 9.17) is 0 Å². The number of carbonyl (C=O) groups is 1. The summed E-state index contributed by atoms with van der Waals surface area (Å²) < 4.78 is 0. The lowest BCUT2D eigenvalue weighted by Crippen LogP contribution is -2.30. The van der Waals surface area contributed by atoms with Gasteiger partial charge < -0.3 is 10.4 Å². The molecule has 2 N–H and O–H groups in total. The van der Waals surface area contributed by atoms with Crippen LogP contribution in [0.2, 0.25) is 0 Å². The zero-order valence-electron chi connectivity index (χ0n) is 11.9. The van der Waals surface area contributed by atoms with Gasteiger partial charge >= 0.3 is 0 Å². The minimum absolute atomic E-state index is 0.101. The number of hydrogen-bond acceptors (Lipinski definition) is 2. The van der Waals surface area contributed by atoms with Gasteiger partial charge in [0.1, 0.15) is 0 Å². The quantitative estimate of drug-likeness (QED) is 0.881. The van der Waals surface area contributed by atoms with E-state index in [1.807, 2.05) is 0 Å². The van der Waals surface area contributed by atoms with Crippen molar-refractivity contribution in [2.75, 3.05) is 6.54 Å². The van der Waals surface area contributed by atoms with Crippen LogP contribution in [-0.2, 0) is 24.1 Å². The van der Waals surface area contributed by atoms with E-state index < -0.39 is 0 Å². The molecular weight excluding hydrogens is 250 g/mol. The molecule has 1 aromatic carbocycles. The van der Waals surface area contributed by atoms with Crippen molar-refractivity contribution in [3.05, 3.63) is 34.9 Å². The molecule has 3 nitrogen and oxygen atoms in total. The number of carbonyl (C=O) groups excluding carboxylic acids is 1. The molecule has 2 aliphatic carbocycles. The van der Waals surface area contributed by atoms with Gasteiger partial charge in [-0.3, -0.25) is 4.79 Å². The Balaban J connectivity index is 1.49. The molecular formula is C17H23NO2. The average Bonchev–Trinajstić information content (AvgIpc) is 3.04. The van der Waals surface area contributed by atoms with Crippen molar-refractivity contribution < 1.29 is 9.90 Å². The summed E-state index contributed by atoms with van der Waals surface area (Å²) in [4.78, 5) is 12.0. The van der Waals surface area contributed by atoms with Gasteiger partial charge in [-0.1, -0.05) is 18.2 Å². The molecule has 1 saturated carbocycles.